The number of hydrogen-bond donors (Lipinski definition) is 2. The van der Waals surface area contributed by atoms with Crippen LogP contribution in [0.15, 0.2) is 28.8 Å². The Balaban J connectivity index is 1.43. The van der Waals surface area contributed by atoms with Crippen LogP contribution in [0.25, 0.3) is 0 Å². The van der Waals surface area contributed by atoms with Crippen LogP contribution in [0.5, 0.6) is 5.75 Å². The lowest BCUT2D eigenvalue weighted by Gasteiger charge is -2.22. The highest BCUT2D eigenvalue weighted by atomic mass is 16.5. The summed E-state index contributed by atoms with van der Waals surface area (Å²) in [6.07, 6.45) is 4.07. The molecule has 0 saturated heterocycles. The molecule has 1 aromatic heterocycles. The maximum Gasteiger partial charge on any atom is 0.223 e. The predicted octanol–water partition coefficient (Wildman–Crippen LogP) is 2.35. The van der Waals surface area contributed by atoms with Gasteiger partial charge in [-0.05, 0) is 30.5 Å². The number of nitrogens with zero attached hydrogens (tertiary/aromatic N) is 2. The average molecular weight is 317 g/mol. The molecule has 124 valence electrons. The maximum absolute atomic E-state index is 10.3. The lowest BCUT2D eigenvalue weighted by Crippen LogP contribution is -2.37. The summed E-state index contributed by atoms with van der Waals surface area (Å²) in [6.45, 7) is 3.44. The molecule has 0 amide bonds. The van der Waals surface area contributed by atoms with E-state index in [4.69, 9.17) is 9.26 Å². The van der Waals surface area contributed by atoms with Crippen molar-refractivity contribution in [3.05, 3.63) is 41.5 Å². The van der Waals surface area contributed by atoms with Gasteiger partial charge in [0.2, 0.25) is 11.7 Å². The first kappa shape index (κ1) is 16.0. The highest BCUT2D eigenvalue weighted by Crippen LogP contribution is 2.28. The van der Waals surface area contributed by atoms with Crippen LogP contribution in [0, 0.1) is 6.92 Å². The van der Waals surface area contributed by atoms with Crippen molar-refractivity contribution in [2.75, 3.05) is 6.54 Å². The molecule has 1 saturated carbocycles. The van der Waals surface area contributed by atoms with Crippen molar-refractivity contribution < 1.29 is 14.4 Å². The topological polar surface area (TPSA) is 80.4 Å². The van der Waals surface area contributed by atoms with Gasteiger partial charge in [-0.1, -0.05) is 30.1 Å². The summed E-state index contributed by atoms with van der Waals surface area (Å²) in [7, 11) is 0. The number of nitrogens with one attached hydrogen (secondary N) is 1. The summed E-state index contributed by atoms with van der Waals surface area (Å²) in [5.41, 5.74) is 0.653. The molecule has 2 N–H and O–H groups in total. The highest BCUT2D eigenvalue weighted by molar-refractivity contribution is 5.27. The number of benzene rings is 1. The van der Waals surface area contributed by atoms with Crippen LogP contribution in [0.3, 0.4) is 0 Å². The van der Waals surface area contributed by atoms with Gasteiger partial charge in [-0.2, -0.15) is 4.98 Å². The fraction of sp³-hybridized carbons (Fsp3) is 0.529. The number of ether oxygens (including phenoxy) is 1. The van der Waals surface area contributed by atoms with Crippen molar-refractivity contribution in [2.45, 2.75) is 51.4 Å². The van der Waals surface area contributed by atoms with E-state index in [-0.39, 0.29) is 0 Å². The van der Waals surface area contributed by atoms with Gasteiger partial charge in [-0.15, -0.1) is 0 Å². The lowest BCUT2D eigenvalue weighted by molar-refractivity contribution is 0.0475. The van der Waals surface area contributed by atoms with E-state index in [0.29, 0.717) is 24.9 Å². The smallest absolute Gasteiger partial charge is 0.223 e. The molecule has 1 aromatic carbocycles. The first-order valence-corrected chi connectivity index (χ1v) is 8.07. The number of rotatable bonds is 7. The van der Waals surface area contributed by atoms with E-state index in [9.17, 15) is 5.11 Å². The van der Waals surface area contributed by atoms with Gasteiger partial charge in [0.15, 0.2) is 6.61 Å². The summed E-state index contributed by atoms with van der Waals surface area (Å²) in [6, 6.07) is 7.88. The second-order valence-corrected chi connectivity index (χ2v) is 6.20. The fourth-order valence-corrected chi connectivity index (χ4v) is 2.90. The summed E-state index contributed by atoms with van der Waals surface area (Å²) < 4.78 is 10.5. The lowest BCUT2D eigenvalue weighted by atomic mass is 10.0. The van der Waals surface area contributed by atoms with E-state index in [1.807, 2.05) is 24.3 Å². The van der Waals surface area contributed by atoms with Crippen molar-refractivity contribution >= 4 is 0 Å². The van der Waals surface area contributed by atoms with Gasteiger partial charge in [-0.25, -0.2) is 0 Å². The predicted molar refractivity (Wildman–Crippen MR) is 84.9 cm³/mol. The second kappa shape index (κ2) is 7.10. The zero-order valence-electron chi connectivity index (χ0n) is 13.4. The quantitative estimate of drug-likeness (QED) is 0.816. The van der Waals surface area contributed by atoms with Crippen molar-refractivity contribution in [3.63, 3.8) is 0 Å². The van der Waals surface area contributed by atoms with Crippen molar-refractivity contribution in [2.24, 2.45) is 0 Å². The Morgan fingerprint density at radius 1 is 1.26 bits per heavy atom. The number of hydrogen-bond acceptors (Lipinski definition) is 6. The average Bonchev–Trinajstić information content (AvgIpc) is 3.15. The third kappa shape index (κ3) is 4.53. The second-order valence-electron chi connectivity index (χ2n) is 6.20. The van der Waals surface area contributed by atoms with Crippen LogP contribution < -0.4 is 10.1 Å². The van der Waals surface area contributed by atoms with Gasteiger partial charge in [-0.3, -0.25) is 0 Å². The number of aliphatic hydroxyl groups is 1. The standard InChI is InChI=1S/C17H23N3O3/c1-13-19-16(20-23-13)11-22-15-6-4-14(5-7-15)10-18-12-17(21)8-2-3-9-17/h4-7,18,21H,2-3,8-12H2,1H3. The van der Waals surface area contributed by atoms with Gasteiger partial charge in [0, 0.05) is 20.0 Å². The first-order valence-electron chi connectivity index (χ1n) is 8.07. The van der Waals surface area contributed by atoms with E-state index < -0.39 is 5.60 Å². The third-order valence-corrected chi connectivity index (χ3v) is 4.18. The molecule has 0 aliphatic heterocycles. The van der Waals surface area contributed by atoms with Crippen LogP contribution in [0.1, 0.15) is 43.0 Å². The van der Waals surface area contributed by atoms with Crippen LogP contribution in [-0.2, 0) is 13.2 Å². The SMILES string of the molecule is Cc1nc(COc2ccc(CNCC3(O)CCCC3)cc2)no1. The zero-order valence-corrected chi connectivity index (χ0v) is 13.4. The molecular formula is C17H23N3O3. The zero-order chi connectivity index (χ0) is 16.1. The molecule has 1 aliphatic rings. The van der Waals surface area contributed by atoms with Crippen molar-refractivity contribution in [1.82, 2.24) is 15.5 Å². The minimum atomic E-state index is -0.508. The summed E-state index contributed by atoms with van der Waals surface area (Å²) in [4.78, 5) is 4.09. The van der Waals surface area contributed by atoms with Gasteiger partial charge >= 0.3 is 0 Å². The first-order chi connectivity index (χ1) is 11.1. The van der Waals surface area contributed by atoms with Gasteiger partial charge in [0.25, 0.3) is 0 Å². The van der Waals surface area contributed by atoms with Crippen molar-refractivity contribution in [3.8, 4) is 5.75 Å². The molecule has 0 radical (unpaired) electrons. The molecule has 1 heterocycles. The molecule has 6 nitrogen and oxygen atoms in total. The summed E-state index contributed by atoms with van der Waals surface area (Å²) in [5, 5.41) is 17.4. The van der Waals surface area contributed by atoms with Gasteiger partial charge < -0.3 is 19.7 Å². The number of aryl methyl sites for hydroxylation is 1. The Kier molecular flexibility index (Phi) is 4.93. The minimum Gasteiger partial charge on any atom is -0.485 e. The molecule has 23 heavy (non-hydrogen) atoms. The Morgan fingerprint density at radius 2 is 2.00 bits per heavy atom. The maximum atomic E-state index is 10.3. The third-order valence-electron chi connectivity index (χ3n) is 4.18. The minimum absolute atomic E-state index is 0.294. The van der Waals surface area contributed by atoms with Gasteiger partial charge in [0.05, 0.1) is 5.60 Å². The molecule has 1 aliphatic carbocycles. The normalized spacial score (nSPS) is 16.6. The fourth-order valence-electron chi connectivity index (χ4n) is 2.90. The highest BCUT2D eigenvalue weighted by Gasteiger charge is 2.30. The van der Waals surface area contributed by atoms with Gasteiger partial charge in [0.1, 0.15) is 5.75 Å². The number of aromatic nitrogens is 2. The Labute approximate surface area is 135 Å². The molecule has 3 rings (SSSR count). The van der Waals surface area contributed by atoms with Crippen molar-refractivity contribution in [1.29, 1.82) is 0 Å². The van der Waals surface area contributed by atoms with Crippen LogP contribution in [0.4, 0.5) is 0 Å². The van der Waals surface area contributed by atoms with Crippen LogP contribution in [-0.4, -0.2) is 27.4 Å². The molecule has 0 unspecified atom stereocenters. The van der Waals surface area contributed by atoms with Crippen LogP contribution >= 0.6 is 0 Å². The Morgan fingerprint density at radius 3 is 2.65 bits per heavy atom. The molecule has 6 heteroatoms. The molecule has 2 aromatic rings. The summed E-state index contributed by atoms with van der Waals surface area (Å²) in [5.74, 6) is 1.85. The van der Waals surface area contributed by atoms with E-state index in [1.165, 1.54) is 0 Å². The van der Waals surface area contributed by atoms with E-state index in [2.05, 4.69) is 15.5 Å². The Hall–Kier alpha value is -1.92. The molecule has 0 spiro atoms. The Bertz CT molecular complexity index is 618. The molecule has 0 atom stereocenters. The molecule has 1 fully saturated rings. The molecular weight excluding hydrogens is 294 g/mol. The summed E-state index contributed by atoms with van der Waals surface area (Å²) >= 11 is 0. The van der Waals surface area contributed by atoms with E-state index in [1.54, 1.807) is 6.92 Å². The van der Waals surface area contributed by atoms with E-state index in [0.717, 1.165) is 43.5 Å². The van der Waals surface area contributed by atoms with E-state index >= 15 is 0 Å². The largest absolute Gasteiger partial charge is 0.485 e. The van der Waals surface area contributed by atoms with Crippen LogP contribution in [0.2, 0.25) is 0 Å². The molecule has 0 bridgehead atoms. The monoisotopic (exact) mass is 317 g/mol.